The number of carbonyl (C=O) groups excluding carboxylic acids is 1. The maximum Gasteiger partial charge on any atom is 0.417 e. The van der Waals surface area contributed by atoms with Crippen LogP contribution in [0.1, 0.15) is 19.4 Å². The van der Waals surface area contributed by atoms with Crippen LogP contribution in [-0.2, 0) is 4.79 Å². The number of hydrogen-bond donors (Lipinski definition) is 1. The quantitative estimate of drug-likeness (QED) is 0.684. The number of benzene rings is 2. The van der Waals surface area contributed by atoms with E-state index in [0.717, 1.165) is 0 Å². The van der Waals surface area contributed by atoms with Gasteiger partial charge in [-0.1, -0.05) is 30.3 Å². The third-order valence-corrected chi connectivity index (χ3v) is 3.49. The Labute approximate surface area is 155 Å². The van der Waals surface area contributed by atoms with E-state index in [1.807, 2.05) is 0 Å². The average Bonchev–Trinajstić information content (AvgIpc) is 2.62. The minimum Gasteiger partial charge on any atom is -0.494 e. The third kappa shape index (κ3) is 5.77. The molecule has 4 nitrogen and oxygen atoms in total. The summed E-state index contributed by atoms with van der Waals surface area (Å²) in [5, 5.41) is 2.45. The molecule has 0 heterocycles. The fourth-order valence-corrected chi connectivity index (χ4v) is 2.39. The summed E-state index contributed by atoms with van der Waals surface area (Å²) in [6.07, 6.45) is -4.13. The van der Waals surface area contributed by atoms with Gasteiger partial charge in [0.25, 0.3) is 0 Å². The van der Waals surface area contributed by atoms with Gasteiger partial charge < -0.3 is 14.8 Å². The Morgan fingerprint density at radius 3 is 2.30 bits per heavy atom. The Morgan fingerprint density at radius 2 is 1.70 bits per heavy atom. The molecule has 0 aliphatic carbocycles. The summed E-state index contributed by atoms with van der Waals surface area (Å²) in [5.41, 5.74) is -0.883. The van der Waals surface area contributed by atoms with Crippen LogP contribution in [0.15, 0.2) is 54.6 Å². The standard InChI is InChI=1S/C20H20F3NO3/c1-3-26-15-10-11-18(27-4-2)17(12-15)24-19(25)13-16(20(21,22)23)14-8-6-5-7-9-14/h5-13H,3-4H2,1-2H3,(H,24,25)/b16-13-. The fraction of sp³-hybridized carbons (Fsp3) is 0.250. The van der Waals surface area contributed by atoms with E-state index in [1.54, 1.807) is 32.0 Å². The molecular formula is C20H20F3NO3. The van der Waals surface area contributed by atoms with Gasteiger partial charge in [0, 0.05) is 12.1 Å². The number of anilines is 1. The molecule has 0 aromatic heterocycles. The van der Waals surface area contributed by atoms with Gasteiger partial charge in [-0.2, -0.15) is 13.2 Å². The van der Waals surface area contributed by atoms with Crippen LogP contribution in [0.3, 0.4) is 0 Å². The minimum absolute atomic E-state index is 0.0896. The lowest BCUT2D eigenvalue weighted by Crippen LogP contribution is -2.16. The number of halogens is 3. The van der Waals surface area contributed by atoms with Crippen LogP contribution in [0.25, 0.3) is 5.57 Å². The minimum atomic E-state index is -4.67. The zero-order valence-corrected chi connectivity index (χ0v) is 15.0. The normalized spacial score (nSPS) is 11.8. The molecule has 0 radical (unpaired) electrons. The predicted octanol–water partition coefficient (Wildman–Crippen LogP) is 5.07. The second-order valence-corrected chi connectivity index (χ2v) is 5.44. The lowest BCUT2D eigenvalue weighted by atomic mass is 10.1. The van der Waals surface area contributed by atoms with Gasteiger partial charge in [0.1, 0.15) is 11.5 Å². The summed E-state index contributed by atoms with van der Waals surface area (Å²) in [6.45, 7) is 4.31. The predicted molar refractivity (Wildman–Crippen MR) is 97.9 cm³/mol. The van der Waals surface area contributed by atoms with Gasteiger partial charge in [-0.05, 0) is 31.5 Å². The molecule has 2 aromatic carbocycles. The highest BCUT2D eigenvalue weighted by atomic mass is 19.4. The first-order valence-corrected chi connectivity index (χ1v) is 8.40. The van der Waals surface area contributed by atoms with Gasteiger partial charge in [0.05, 0.1) is 24.5 Å². The number of allylic oxidation sites excluding steroid dienone is 1. The largest absolute Gasteiger partial charge is 0.494 e. The number of carbonyl (C=O) groups is 1. The number of hydrogen-bond acceptors (Lipinski definition) is 3. The molecule has 0 unspecified atom stereocenters. The van der Waals surface area contributed by atoms with E-state index in [9.17, 15) is 18.0 Å². The lowest BCUT2D eigenvalue weighted by molar-refractivity contribution is -0.112. The second kappa shape index (κ2) is 9.12. The monoisotopic (exact) mass is 379 g/mol. The van der Waals surface area contributed by atoms with Crippen molar-refractivity contribution in [1.29, 1.82) is 0 Å². The zero-order valence-electron chi connectivity index (χ0n) is 15.0. The molecular weight excluding hydrogens is 359 g/mol. The first-order valence-electron chi connectivity index (χ1n) is 8.40. The second-order valence-electron chi connectivity index (χ2n) is 5.44. The van der Waals surface area contributed by atoms with Crippen LogP contribution in [0.4, 0.5) is 18.9 Å². The number of alkyl halides is 3. The Kier molecular flexibility index (Phi) is 6.87. The van der Waals surface area contributed by atoms with E-state index < -0.39 is 17.7 Å². The van der Waals surface area contributed by atoms with Gasteiger partial charge in [-0.3, -0.25) is 4.79 Å². The van der Waals surface area contributed by atoms with E-state index in [4.69, 9.17) is 9.47 Å². The first-order chi connectivity index (χ1) is 12.8. The van der Waals surface area contributed by atoms with Crippen LogP contribution in [0, 0.1) is 0 Å². The smallest absolute Gasteiger partial charge is 0.417 e. The highest BCUT2D eigenvalue weighted by molar-refractivity contribution is 6.05. The SMILES string of the molecule is CCOc1ccc(OCC)c(NC(=O)/C=C(/c2ccccc2)C(F)(F)F)c1. The zero-order chi connectivity index (χ0) is 19.9. The maximum atomic E-state index is 13.4. The summed E-state index contributed by atoms with van der Waals surface area (Å²) < 4.78 is 50.9. The molecule has 0 fully saturated rings. The fourth-order valence-electron chi connectivity index (χ4n) is 2.39. The van der Waals surface area contributed by atoms with E-state index in [-0.39, 0.29) is 11.3 Å². The van der Waals surface area contributed by atoms with Gasteiger partial charge in [-0.25, -0.2) is 0 Å². The molecule has 0 aliphatic heterocycles. The van der Waals surface area contributed by atoms with Crippen LogP contribution >= 0.6 is 0 Å². The highest BCUT2D eigenvalue weighted by Gasteiger charge is 2.35. The lowest BCUT2D eigenvalue weighted by Gasteiger charge is -2.14. The number of nitrogens with one attached hydrogen (secondary N) is 1. The molecule has 2 aromatic rings. The Morgan fingerprint density at radius 1 is 1.04 bits per heavy atom. The number of rotatable bonds is 7. The van der Waals surface area contributed by atoms with Gasteiger partial charge in [0.15, 0.2) is 0 Å². The Hall–Kier alpha value is -2.96. The maximum absolute atomic E-state index is 13.4. The first kappa shape index (κ1) is 20.4. The molecule has 0 aliphatic rings. The molecule has 0 saturated heterocycles. The number of ether oxygens (including phenoxy) is 2. The van der Waals surface area contributed by atoms with Gasteiger partial charge in [-0.15, -0.1) is 0 Å². The summed E-state index contributed by atoms with van der Waals surface area (Å²) >= 11 is 0. The molecule has 7 heteroatoms. The summed E-state index contributed by atoms with van der Waals surface area (Å²) in [6, 6.07) is 11.9. The van der Waals surface area contributed by atoms with E-state index in [1.165, 1.54) is 30.3 Å². The topological polar surface area (TPSA) is 47.6 Å². The van der Waals surface area contributed by atoms with Crippen LogP contribution in [0.5, 0.6) is 11.5 Å². The van der Waals surface area contributed by atoms with Crippen molar-refractivity contribution >= 4 is 17.2 Å². The number of amides is 1. The van der Waals surface area contributed by atoms with Crippen molar-refractivity contribution in [1.82, 2.24) is 0 Å². The van der Waals surface area contributed by atoms with E-state index >= 15 is 0 Å². The molecule has 0 saturated carbocycles. The van der Waals surface area contributed by atoms with Crippen molar-refractivity contribution in [3.05, 3.63) is 60.2 Å². The molecule has 0 bridgehead atoms. The van der Waals surface area contributed by atoms with Crippen LogP contribution < -0.4 is 14.8 Å². The molecule has 1 N–H and O–H groups in total. The van der Waals surface area contributed by atoms with Crippen molar-refractivity contribution < 1.29 is 27.4 Å². The Bertz CT molecular complexity index is 802. The highest BCUT2D eigenvalue weighted by Crippen LogP contribution is 2.34. The summed E-state index contributed by atoms with van der Waals surface area (Å²) in [5.74, 6) is -0.101. The molecule has 144 valence electrons. The van der Waals surface area contributed by atoms with E-state index in [0.29, 0.717) is 30.8 Å². The van der Waals surface area contributed by atoms with Crippen LogP contribution in [0.2, 0.25) is 0 Å². The van der Waals surface area contributed by atoms with Crippen molar-refractivity contribution in [3.63, 3.8) is 0 Å². The van der Waals surface area contributed by atoms with Crippen molar-refractivity contribution in [3.8, 4) is 11.5 Å². The van der Waals surface area contributed by atoms with Gasteiger partial charge in [0.2, 0.25) is 5.91 Å². The van der Waals surface area contributed by atoms with Crippen LogP contribution in [-0.4, -0.2) is 25.3 Å². The molecule has 2 rings (SSSR count). The van der Waals surface area contributed by atoms with Crippen molar-refractivity contribution in [2.45, 2.75) is 20.0 Å². The van der Waals surface area contributed by atoms with Crippen molar-refractivity contribution in [2.75, 3.05) is 18.5 Å². The third-order valence-electron chi connectivity index (χ3n) is 3.49. The molecule has 0 atom stereocenters. The van der Waals surface area contributed by atoms with E-state index in [2.05, 4.69) is 5.32 Å². The molecule has 27 heavy (non-hydrogen) atoms. The molecule has 1 amide bonds. The average molecular weight is 379 g/mol. The van der Waals surface area contributed by atoms with Crippen molar-refractivity contribution in [2.24, 2.45) is 0 Å². The Balaban J connectivity index is 2.34. The summed E-state index contributed by atoms with van der Waals surface area (Å²) in [4.78, 5) is 12.3. The summed E-state index contributed by atoms with van der Waals surface area (Å²) in [7, 11) is 0. The molecule has 0 spiro atoms. The van der Waals surface area contributed by atoms with Gasteiger partial charge >= 0.3 is 6.18 Å².